The molecule has 8 heteroatoms. The second-order valence-corrected chi connectivity index (χ2v) is 6.77. The van der Waals surface area contributed by atoms with Crippen molar-refractivity contribution < 1.29 is 14.1 Å². The number of para-hydroxylation sites is 1. The van der Waals surface area contributed by atoms with Gasteiger partial charge in [0.15, 0.2) is 5.76 Å². The normalized spacial score (nSPS) is 10.8. The summed E-state index contributed by atoms with van der Waals surface area (Å²) in [5, 5.41) is 14.3. The molecular formula is C21H14ClN3O4. The van der Waals surface area contributed by atoms with E-state index < -0.39 is 10.8 Å². The molecule has 144 valence electrons. The number of non-ortho nitro benzene ring substituents is 1. The number of rotatable bonds is 4. The lowest BCUT2D eigenvalue weighted by Gasteiger charge is -2.11. The SMILES string of the molecule is Cc1ccc(-c2cc(C(=O)Nc3ccc([N+](=O)[O-])cc3Cl)c3ccccc3n2)o1. The summed E-state index contributed by atoms with van der Waals surface area (Å²) in [6.45, 7) is 1.83. The number of nitro benzene ring substituents is 1. The van der Waals surface area contributed by atoms with E-state index in [4.69, 9.17) is 16.0 Å². The van der Waals surface area contributed by atoms with Gasteiger partial charge in [0, 0.05) is 17.5 Å². The molecule has 0 radical (unpaired) electrons. The number of carbonyl (C=O) groups excluding carboxylic acids is 1. The Morgan fingerprint density at radius 1 is 1.14 bits per heavy atom. The predicted octanol–water partition coefficient (Wildman–Crippen LogP) is 5.62. The van der Waals surface area contributed by atoms with E-state index >= 15 is 0 Å². The quantitative estimate of drug-likeness (QED) is 0.350. The topological polar surface area (TPSA) is 98.3 Å². The fourth-order valence-corrected chi connectivity index (χ4v) is 3.19. The standard InChI is InChI=1S/C21H14ClN3O4/c1-12-6-9-20(29-12)19-11-15(14-4-2-3-5-17(14)23-19)21(26)24-18-8-7-13(25(27)28)10-16(18)22/h2-11H,1H3,(H,24,26). The Labute approximate surface area is 170 Å². The zero-order valence-corrected chi connectivity index (χ0v) is 15.9. The van der Waals surface area contributed by atoms with E-state index in [0.717, 1.165) is 5.76 Å². The number of benzene rings is 2. The van der Waals surface area contributed by atoms with Crippen LogP contribution in [0.3, 0.4) is 0 Å². The molecule has 0 aliphatic heterocycles. The molecule has 0 unspecified atom stereocenters. The Morgan fingerprint density at radius 3 is 2.62 bits per heavy atom. The lowest BCUT2D eigenvalue weighted by atomic mass is 10.1. The summed E-state index contributed by atoms with van der Waals surface area (Å²) >= 11 is 6.11. The van der Waals surface area contributed by atoms with Crippen molar-refractivity contribution in [1.29, 1.82) is 0 Å². The number of halogens is 1. The van der Waals surface area contributed by atoms with Gasteiger partial charge in [-0.05, 0) is 37.3 Å². The first-order valence-electron chi connectivity index (χ1n) is 8.64. The molecule has 0 aliphatic rings. The molecule has 29 heavy (non-hydrogen) atoms. The highest BCUT2D eigenvalue weighted by Gasteiger charge is 2.17. The van der Waals surface area contributed by atoms with E-state index in [1.165, 1.54) is 18.2 Å². The molecule has 0 atom stereocenters. The number of pyridine rings is 1. The molecule has 7 nitrogen and oxygen atoms in total. The number of carbonyl (C=O) groups is 1. The third kappa shape index (κ3) is 3.68. The number of anilines is 1. The van der Waals surface area contributed by atoms with E-state index in [0.29, 0.717) is 27.9 Å². The number of furan rings is 1. The van der Waals surface area contributed by atoms with Crippen LogP contribution < -0.4 is 5.32 Å². The Kier molecular flexibility index (Phi) is 4.74. The molecule has 0 saturated carbocycles. The van der Waals surface area contributed by atoms with E-state index in [2.05, 4.69) is 10.3 Å². The average Bonchev–Trinajstić information content (AvgIpc) is 3.14. The van der Waals surface area contributed by atoms with Gasteiger partial charge in [-0.15, -0.1) is 0 Å². The Bertz CT molecular complexity index is 1270. The number of amides is 1. The van der Waals surface area contributed by atoms with Gasteiger partial charge in [-0.1, -0.05) is 29.8 Å². The summed E-state index contributed by atoms with van der Waals surface area (Å²) in [6, 6.07) is 16.4. The fraction of sp³-hybridized carbons (Fsp3) is 0.0476. The molecule has 1 amide bonds. The third-order valence-corrected chi connectivity index (χ3v) is 4.68. The van der Waals surface area contributed by atoms with Crippen molar-refractivity contribution in [2.45, 2.75) is 6.92 Å². The van der Waals surface area contributed by atoms with Crippen LogP contribution in [-0.4, -0.2) is 15.8 Å². The number of aromatic nitrogens is 1. The Morgan fingerprint density at radius 2 is 1.93 bits per heavy atom. The molecular weight excluding hydrogens is 394 g/mol. The molecule has 0 aliphatic carbocycles. The maximum atomic E-state index is 13.0. The fourth-order valence-electron chi connectivity index (χ4n) is 2.97. The number of nitrogens with zero attached hydrogens (tertiary/aromatic N) is 2. The minimum Gasteiger partial charge on any atom is -0.460 e. The summed E-state index contributed by atoms with van der Waals surface area (Å²) in [4.78, 5) is 27.9. The summed E-state index contributed by atoms with van der Waals surface area (Å²) in [6.07, 6.45) is 0. The first-order chi connectivity index (χ1) is 13.9. The van der Waals surface area contributed by atoms with Crippen LogP contribution in [0.15, 0.2) is 65.1 Å². The minimum atomic E-state index is -0.550. The average molecular weight is 408 g/mol. The predicted molar refractivity (Wildman–Crippen MR) is 110 cm³/mol. The molecule has 0 bridgehead atoms. The summed E-state index contributed by atoms with van der Waals surface area (Å²) in [7, 11) is 0. The number of aryl methyl sites for hydroxylation is 1. The van der Waals surface area contributed by atoms with Crippen LogP contribution in [0.5, 0.6) is 0 Å². The van der Waals surface area contributed by atoms with Crippen LogP contribution >= 0.6 is 11.6 Å². The lowest BCUT2D eigenvalue weighted by molar-refractivity contribution is -0.384. The molecule has 4 rings (SSSR count). The van der Waals surface area contributed by atoms with Gasteiger partial charge >= 0.3 is 0 Å². The van der Waals surface area contributed by atoms with Gasteiger partial charge in [-0.25, -0.2) is 4.98 Å². The third-order valence-electron chi connectivity index (χ3n) is 4.37. The van der Waals surface area contributed by atoms with Gasteiger partial charge in [-0.2, -0.15) is 0 Å². The van der Waals surface area contributed by atoms with E-state index in [1.54, 1.807) is 18.2 Å². The van der Waals surface area contributed by atoms with Crippen LogP contribution in [0.2, 0.25) is 5.02 Å². The Hall–Kier alpha value is -3.71. The first kappa shape index (κ1) is 18.6. The van der Waals surface area contributed by atoms with Crippen LogP contribution in [0.4, 0.5) is 11.4 Å². The van der Waals surface area contributed by atoms with Gasteiger partial charge in [0.2, 0.25) is 0 Å². The van der Waals surface area contributed by atoms with E-state index in [-0.39, 0.29) is 16.4 Å². The summed E-state index contributed by atoms with van der Waals surface area (Å²) < 4.78 is 5.65. The second-order valence-electron chi connectivity index (χ2n) is 6.36. The number of hydrogen-bond donors (Lipinski definition) is 1. The van der Waals surface area contributed by atoms with Crippen molar-refractivity contribution in [2.24, 2.45) is 0 Å². The van der Waals surface area contributed by atoms with Crippen molar-refractivity contribution in [3.8, 4) is 11.5 Å². The summed E-state index contributed by atoms with van der Waals surface area (Å²) in [5.74, 6) is 0.873. The molecule has 2 aromatic carbocycles. The summed E-state index contributed by atoms with van der Waals surface area (Å²) in [5.41, 5.74) is 1.67. The van der Waals surface area contributed by atoms with Gasteiger partial charge in [-0.3, -0.25) is 14.9 Å². The van der Waals surface area contributed by atoms with Crippen molar-refractivity contribution >= 4 is 39.8 Å². The number of fused-ring (bicyclic) bond motifs is 1. The largest absolute Gasteiger partial charge is 0.460 e. The van der Waals surface area contributed by atoms with Gasteiger partial charge in [0.25, 0.3) is 11.6 Å². The molecule has 1 N–H and O–H groups in total. The second kappa shape index (κ2) is 7.37. The van der Waals surface area contributed by atoms with Crippen molar-refractivity contribution in [3.63, 3.8) is 0 Å². The van der Waals surface area contributed by atoms with Crippen LogP contribution in [0.25, 0.3) is 22.4 Å². The van der Waals surface area contributed by atoms with Gasteiger partial charge < -0.3 is 9.73 Å². The van der Waals surface area contributed by atoms with Crippen molar-refractivity contribution in [1.82, 2.24) is 4.98 Å². The maximum absolute atomic E-state index is 13.0. The number of nitro groups is 1. The Balaban J connectivity index is 1.76. The molecule has 0 spiro atoms. The number of nitrogens with one attached hydrogen (secondary N) is 1. The molecule has 2 aromatic heterocycles. The van der Waals surface area contributed by atoms with Gasteiger partial charge in [0.1, 0.15) is 11.5 Å². The molecule has 2 heterocycles. The van der Waals surface area contributed by atoms with Gasteiger partial charge in [0.05, 0.1) is 26.7 Å². The first-order valence-corrected chi connectivity index (χ1v) is 9.02. The highest BCUT2D eigenvalue weighted by Crippen LogP contribution is 2.29. The lowest BCUT2D eigenvalue weighted by Crippen LogP contribution is -2.13. The smallest absolute Gasteiger partial charge is 0.271 e. The van der Waals surface area contributed by atoms with Crippen LogP contribution in [0.1, 0.15) is 16.1 Å². The highest BCUT2D eigenvalue weighted by molar-refractivity contribution is 6.34. The number of hydrogen-bond acceptors (Lipinski definition) is 5. The molecule has 0 saturated heterocycles. The maximum Gasteiger partial charge on any atom is 0.271 e. The molecule has 4 aromatic rings. The minimum absolute atomic E-state index is 0.0767. The monoisotopic (exact) mass is 407 g/mol. The zero-order chi connectivity index (χ0) is 20.5. The van der Waals surface area contributed by atoms with Crippen molar-refractivity contribution in [3.05, 3.63) is 87.1 Å². The highest BCUT2D eigenvalue weighted by atomic mass is 35.5. The van der Waals surface area contributed by atoms with E-state index in [9.17, 15) is 14.9 Å². The van der Waals surface area contributed by atoms with E-state index in [1.807, 2.05) is 31.2 Å². The van der Waals surface area contributed by atoms with Crippen molar-refractivity contribution in [2.75, 3.05) is 5.32 Å². The van der Waals surface area contributed by atoms with Crippen LogP contribution in [0, 0.1) is 17.0 Å². The zero-order valence-electron chi connectivity index (χ0n) is 15.2. The van der Waals surface area contributed by atoms with Crippen LogP contribution in [-0.2, 0) is 0 Å². The molecule has 0 fully saturated rings.